The maximum absolute atomic E-state index is 11.8. The van der Waals surface area contributed by atoms with Gasteiger partial charge in [0.2, 0.25) is 5.91 Å². The van der Waals surface area contributed by atoms with E-state index in [2.05, 4.69) is 17.9 Å². The molecule has 0 aromatic carbocycles. The third-order valence-corrected chi connectivity index (χ3v) is 4.48. The van der Waals surface area contributed by atoms with Crippen LogP contribution in [-0.2, 0) is 23.9 Å². The molecule has 27 heavy (non-hydrogen) atoms. The SMILES string of the molecule is COCCOCCC(=O)NC1CCC(N2C(=O)C=CC2=O)CC1.OCCS. The summed E-state index contributed by atoms with van der Waals surface area (Å²) < 4.78 is 10.1. The molecule has 0 bridgehead atoms. The second-order valence-corrected chi connectivity index (χ2v) is 6.70. The van der Waals surface area contributed by atoms with Gasteiger partial charge in [0.05, 0.1) is 26.4 Å². The lowest BCUT2D eigenvalue weighted by molar-refractivity contribution is -0.140. The van der Waals surface area contributed by atoms with E-state index in [1.54, 1.807) is 7.11 Å². The molecule has 154 valence electrons. The summed E-state index contributed by atoms with van der Waals surface area (Å²) in [6, 6.07) is 0.0639. The van der Waals surface area contributed by atoms with Gasteiger partial charge in [-0.2, -0.15) is 12.6 Å². The fourth-order valence-corrected chi connectivity index (χ4v) is 2.96. The van der Waals surface area contributed by atoms with Crippen molar-refractivity contribution in [3.05, 3.63) is 12.2 Å². The summed E-state index contributed by atoms with van der Waals surface area (Å²) in [6.07, 6.45) is 5.98. The lowest BCUT2D eigenvalue weighted by atomic mass is 9.90. The Kier molecular flexibility index (Phi) is 12.0. The first-order valence-corrected chi connectivity index (χ1v) is 9.79. The van der Waals surface area contributed by atoms with E-state index in [1.165, 1.54) is 17.1 Å². The molecule has 1 fully saturated rings. The van der Waals surface area contributed by atoms with Crippen LogP contribution < -0.4 is 5.32 Å². The molecule has 0 spiro atoms. The van der Waals surface area contributed by atoms with Gasteiger partial charge >= 0.3 is 0 Å². The fourth-order valence-electron chi connectivity index (χ4n) is 2.96. The number of imide groups is 1. The normalized spacial score (nSPS) is 21.8. The Balaban J connectivity index is 0.000000828. The van der Waals surface area contributed by atoms with Crippen molar-refractivity contribution in [3.8, 4) is 0 Å². The predicted molar refractivity (Wildman–Crippen MR) is 103 cm³/mol. The molecule has 1 saturated carbocycles. The van der Waals surface area contributed by atoms with Gasteiger partial charge in [0.1, 0.15) is 0 Å². The summed E-state index contributed by atoms with van der Waals surface area (Å²) in [5.74, 6) is 0.0900. The number of rotatable bonds is 9. The molecule has 2 rings (SSSR count). The van der Waals surface area contributed by atoms with Crippen LogP contribution in [0.25, 0.3) is 0 Å². The topological polar surface area (TPSA) is 105 Å². The molecular weight excluding hydrogens is 372 g/mol. The fraction of sp³-hybridized carbons (Fsp3) is 0.722. The van der Waals surface area contributed by atoms with Crippen molar-refractivity contribution < 1.29 is 29.0 Å². The smallest absolute Gasteiger partial charge is 0.253 e. The van der Waals surface area contributed by atoms with E-state index >= 15 is 0 Å². The number of methoxy groups -OCH3 is 1. The molecule has 9 heteroatoms. The van der Waals surface area contributed by atoms with Gasteiger partial charge in [0.15, 0.2) is 0 Å². The van der Waals surface area contributed by atoms with Gasteiger partial charge in [-0.05, 0) is 25.7 Å². The van der Waals surface area contributed by atoms with Crippen LogP contribution in [0.5, 0.6) is 0 Å². The maximum Gasteiger partial charge on any atom is 0.253 e. The number of nitrogens with zero attached hydrogens (tertiary/aromatic N) is 1. The molecule has 1 aliphatic heterocycles. The van der Waals surface area contributed by atoms with Crippen molar-refractivity contribution in [1.82, 2.24) is 10.2 Å². The van der Waals surface area contributed by atoms with Crippen LogP contribution in [0.2, 0.25) is 0 Å². The average Bonchev–Trinajstić information content (AvgIpc) is 3.01. The zero-order valence-corrected chi connectivity index (χ0v) is 16.7. The molecule has 3 amide bonds. The quantitative estimate of drug-likeness (QED) is 0.291. The van der Waals surface area contributed by atoms with Gasteiger partial charge in [-0.25, -0.2) is 0 Å². The number of thiol groups is 1. The maximum atomic E-state index is 11.8. The Morgan fingerprint density at radius 1 is 1.19 bits per heavy atom. The van der Waals surface area contributed by atoms with Crippen LogP contribution in [0.15, 0.2) is 12.2 Å². The van der Waals surface area contributed by atoms with Gasteiger partial charge in [0, 0.05) is 43.5 Å². The lowest BCUT2D eigenvalue weighted by Gasteiger charge is -2.33. The van der Waals surface area contributed by atoms with Crippen LogP contribution in [0, 0.1) is 0 Å². The Bertz CT molecular complexity index is 486. The van der Waals surface area contributed by atoms with E-state index in [0.717, 1.165) is 25.7 Å². The van der Waals surface area contributed by atoms with Crippen molar-refractivity contribution in [1.29, 1.82) is 0 Å². The Hall–Kier alpha value is -1.42. The zero-order chi connectivity index (χ0) is 20.1. The Morgan fingerprint density at radius 3 is 2.30 bits per heavy atom. The number of amides is 3. The second-order valence-electron chi connectivity index (χ2n) is 6.26. The molecular formula is C18H30N2O6S. The van der Waals surface area contributed by atoms with Gasteiger partial charge in [-0.3, -0.25) is 19.3 Å². The molecule has 0 aromatic rings. The van der Waals surface area contributed by atoms with E-state index in [9.17, 15) is 14.4 Å². The number of aliphatic hydroxyl groups excluding tert-OH is 1. The number of nitrogens with one attached hydrogen (secondary N) is 1. The molecule has 2 aliphatic rings. The van der Waals surface area contributed by atoms with Crippen LogP contribution >= 0.6 is 12.6 Å². The van der Waals surface area contributed by atoms with Crippen LogP contribution in [0.3, 0.4) is 0 Å². The summed E-state index contributed by atoms with van der Waals surface area (Å²) in [7, 11) is 1.60. The molecule has 2 N–H and O–H groups in total. The number of carbonyl (C=O) groups is 3. The highest BCUT2D eigenvalue weighted by Gasteiger charge is 2.34. The lowest BCUT2D eigenvalue weighted by Crippen LogP contribution is -2.46. The van der Waals surface area contributed by atoms with Crippen LogP contribution in [0.4, 0.5) is 0 Å². The Labute approximate surface area is 165 Å². The number of hydrogen-bond acceptors (Lipinski definition) is 7. The third-order valence-electron chi connectivity index (χ3n) is 4.28. The molecule has 8 nitrogen and oxygen atoms in total. The highest BCUT2D eigenvalue weighted by Crippen LogP contribution is 2.25. The third kappa shape index (κ3) is 8.87. The number of aliphatic hydroxyl groups is 1. The van der Waals surface area contributed by atoms with Gasteiger partial charge < -0.3 is 19.9 Å². The summed E-state index contributed by atoms with van der Waals surface area (Å²) in [6.45, 7) is 1.57. The monoisotopic (exact) mass is 402 g/mol. The summed E-state index contributed by atoms with van der Waals surface area (Å²) >= 11 is 3.67. The minimum Gasteiger partial charge on any atom is -0.396 e. The summed E-state index contributed by atoms with van der Waals surface area (Å²) in [5, 5.41) is 10.8. The molecule has 0 radical (unpaired) electrons. The van der Waals surface area contributed by atoms with E-state index in [-0.39, 0.29) is 36.4 Å². The van der Waals surface area contributed by atoms with E-state index in [0.29, 0.717) is 32.0 Å². The largest absolute Gasteiger partial charge is 0.396 e. The number of carbonyl (C=O) groups excluding carboxylic acids is 3. The first-order chi connectivity index (χ1) is 13.0. The van der Waals surface area contributed by atoms with Crippen LogP contribution in [-0.4, -0.2) is 79.1 Å². The van der Waals surface area contributed by atoms with Gasteiger partial charge in [-0.1, -0.05) is 0 Å². The van der Waals surface area contributed by atoms with E-state index < -0.39 is 0 Å². The summed E-state index contributed by atoms with van der Waals surface area (Å²) in [5.41, 5.74) is 0. The van der Waals surface area contributed by atoms with Crippen molar-refractivity contribution >= 4 is 30.4 Å². The first-order valence-electron chi connectivity index (χ1n) is 9.16. The Morgan fingerprint density at radius 2 is 1.78 bits per heavy atom. The van der Waals surface area contributed by atoms with Crippen LogP contribution in [0.1, 0.15) is 32.1 Å². The number of ether oxygens (including phenoxy) is 2. The highest BCUT2D eigenvalue weighted by atomic mass is 32.1. The highest BCUT2D eigenvalue weighted by molar-refractivity contribution is 7.80. The molecule has 0 unspecified atom stereocenters. The molecule has 1 aliphatic carbocycles. The van der Waals surface area contributed by atoms with E-state index in [1.807, 2.05) is 0 Å². The van der Waals surface area contributed by atoms with E-state index in [4.69, 9.17) is 14.6 Å². The zero-order valence-electron chi connectivity index (χ0n) is 15.8. The molecule has 0 saturated heterocycles. The number of hydrogen-bond donors (Lipinski definition) is 3. The molecule has 1 heterocycles. The minimum absolute atomic E-state index is 0.0270. The summed E-state index contributed by atoms with van der Waals surface area (Å²) in [4.78, 5) is 36.5. The molecule has 0 aromatic heterocycles. The predicted octanol–water partition coefficient (Wildman–Crippen LogP) is 0.300. The van der Waals surface area contributed by atoms with Gasteiger partial charge in [0.25, 0.3) is 11.8 Å². The van der Waals surface area contributed by atoms with Crippen molar-refractivity contribution in [2.45, 2.75) is 44.2 Å². The second kappa shape index (κ2) is 13.7. The van der Waals surface area contributed by atoms with Crippen molar-refractivity contribution in [2.75, 3.05) is 39.3 Å². The van der Waals surface area contributed by atoms with Gasteiger partial charge in [-0.15, -0.1) is 0 Å². The standard InChI is InChI=1S/C16H24N2O5.C2H6OS/c1-22-10-11-23-9-8-14(19)17-12-2-4-13(5-3-12)18-15(20)6-7-16(18)21;3-1-2-4/h6-7,12-13H,2-5,8-11H2,1H3,(H,17,19);3-4H,1-2H2. The van der Waals surface area contributed by atoms with Crippen molar-refractivity contribution in [2.24, 2.45) is 0 Å². The first kappa shape index (κ1) is 23.6. The molecule has 0 atom stereocenters. The van der Waals surface area contributed by atoms with Crippen molar-refractivity contribution in [3.63, 3.8) is 0 Å². The average molecular weight is 403 g/mol. The minimum atomic E-state index is -0.226.